The Bertz CT molecular complexity index is 1010. The van der Waals surface area contributed by atoms with Gasteiger partial charge in [0.05, 0.1) is 23.4 Å². The average Bonchev–Trinajstić information content (AvgIpc) is 3.02. The smallest absolute Gasteiger partial charge is 0.205 e. The minimum Gasteiger partial charge on any atom is -0.457 e. The Labute approximate surface area is 164 Å². The summed E-state index contributed by atoms with van der Waals surface area (Å²) in [4.78, 5) is 4.25. The second-order valence-electron chi connectivity index (χ2n) is 7.51. The largest absolute Gasteiger partial charge is 0.457 e. The summed E-state index contributed by atoms with van der Waals surface area (Å²) < 4.78 is 11.5. The van der Waals surface area contributed by atoms with Crippen molar-refractivity contribution in [1.29, 1.82) is 10.5 Å². The van der Waals surface area contributed by atoms with Crippen LogP contribution in [0.25, 0.3) is 0 Å². The van der Waals surface area contributed by atoms with E-state index in [0.29, 0.717) is 23.2 Å². The topological polar surface area (TPSA) is 78.4 Å². The molecule has 0 aromatic heterocycles. The van der Waals surface area contributed by atoms with E-state index in [9.17, 15) is 5.26 Å². The van der Waals surface area contributed by atoms with E-state index in [1.165, 1.54) is 5.56 Å². The van der Waals surface area contributed by atoms with E-state index in [2.05, 4.69) is 17.1 Å². The van der Waals surface area contributed by atoms with Crippen LogP contribution in [0, 0.1) is 28.2 Å². The molecule has 0 saturated heterocycles. The Morgan fingerprint density at radius 3 is 2.57 bits per heavy atom. The van der Waals surface area contributed by atoms with Crippen molar-refractivity contribution in [2.24, 2.45) is 10.4 Å². The van der Waals surface area contributed by atoms with Crippen LogP contribution < -0.4 is 4.74 Å². The van der Waals surface area contributed by atoms with Gasteiger partial charge in [-0.15, -0.1) is 0 Å². The van der Waals surface area contributed by atoms with Gasteiger partial charge in [0.15, 0.2) is 0 Å². The van der Waals surface area contributed by atoms with E-state index < -0.39 is 0 Å². The van der Waals surface area contributed by atoms with Crippen molar-refractivity contribution in [3.8, 4) is 23.8 Å². The fraction of sp³-hybridized carbons (Fsp3) is 0.348. The molecule has 0 heterocycles. The van der Waals surface area contributed by atoms with Crippen LogP contribution in [-0.4, -0.2) is 18.9 Å². The normalized spacial score (nSPS) is 24.5. The monoisotopic (exact) mass is 371 g/mol. The maximum Gasteiger partial charge on any atom is 0.205 e. The Hall–Kier alpha value is -3.15. The number of hydrogen-bond donors (Lipinski definition) is 0. The van der Waals surface area contributed by atoms with Crippen molar-refractivity contribution in [3.63, 3.8) is 0 Å². The van der Waals surface area contributed by atoms with Crippen molar-refractivity contribution in [3.05, 3.63) is 59.2 Å². The molecular weight excluding hydrogens is 350 g/mol. The first-order valence-corrected chi connectivity index (χ1v) is 9.49. The minimum atomic E-state index is -0.0769. The number of nitrogens with zero attached hydrogens (tertiary/aromatic N) is 3. The molecule has 2 aromatic carbocycles. The number of ether oxygens (including phenoxy) is 2. The first-order valence-electron chi connectivity index (χ1n) is 9.49. The van der Waals surface area contributed by atoms with Gasteiger partial charge in [-0.25, -0.2) is 0 Å². The van der Waals surface area contributed by atoms with Crippen LogP contribution in [0.1, 0.15) is 42.4 Å². The molecule has 0 N–H and O–H groups in total. The molecule has 2 aromatic rings. The molecule has 140 valence electrons. The van der Waals surface area contributed by atoms with Crippen LogP contribution in [0.3, 0.4) is 0 Å². The second kappa shape index (κ2) is 7.46. The van der Waals surface area contributed by atoms with Crippen molar-refractivity contribution in [1.82, 2.24) is 0 Å². The summed E-state index contributed by atoms with van der Waals surface area (Å²) in [5, 5.41) is 18.4. The van der Waals surface area contributed by atoms with Crippen LogP contribution in [0.2, 0.25) is 0 Å². The highest BCUT2D eigenvalue weighted by molar-refractivity contribution is 6.09. The number of fused-ring (bicyclic) bond motifs is 1. The van der Waals surface area contributed by atoms with E-state index in [4.69, 9.17) is 14.7 Å². The zero-order valence-electron chi connectivity index (χ0n) is 15.8. The van der Waals surface area contributed by atoms with Crippen LogP contribution in [0.15, 0.2) is 47.5 Å². The third-order valence-electron chi connectivity index (χ3n) is 5.95. The maximum absolute atomic E-state index is 9.30. The van der Waals surface area contributed by atoms with Gasteiger partial charge in [-0.1, -0.05) is 12.1 Å². The minimum absolute atomic E-state index is 0.0769. The lowest BCUT2D eigenvalue weighted by molar-refractivity contribution is 0.0468. The lowest BCUT2D eigenvalue weighted by Crippen LogP contribution is -2.35. The third-order valence-corrected chi connectivity index (χ3v) is 5.95. The summed E-state index contributed by atoms with van der Waals surface area (Å²) in [5.74, 6) is 1.30. The Kier molecular flexibility index (Phi) is 4.86. The zero-order valence-corrected chi connectivity index (χ0v) is 15.8. The summed E-state index contributed by atoms with van der Waals surface area (Å²) in [6, 6.07) is 15.2. The van der Waals surface area contributed by atoms with Gasteiger partial charge in [-0.3, -0.25) is 0 Å². The number of methoxy groups -OCH3 is 1. The van der Waals surface area contributed by atoms with Gasteiger partial charge in [0.25, 0.3) is 0 Å². The molecule has 0 aliphatic heterocycles. The highest BCUT2D eigenvalue weighted by atomic mass is 16.5. The number of rotatable bonds is 3. The second-order valence-corrected chi connectivity index (χ2v) is 7.51. The lowest BCUT2D eigenvalue weighted by Gasteiger charge is -2.36. The number of benzene rings is 2. The molecule has 2 aliphatic carbocycles. The van der Waals surface area contributed by atoms with Gasteiger partial charge in [0, 0.05) is 18.1 Å². The predicted molar refractivity (Wildman–Crippen MR) is 105 cm³/mol. The van der Waals surface area contributed by atoms with Crippen molar-refractivity contribution in [2.45, 2.75) is 38.2 Å². The fourth-order valence-electron chi connectivity index (χ4n) is 4.51. The fourth-order valence-corrected chi connectivity index (χ4v) is 4.51. The van der Waals surface area contributed by atoms with Crippen molar-refractivity contribution >= 4 is 5.71 Å². The lowest BCUT2D eigenvalue weighted by atomic mass is 9.70. The van der Waals surface area contributed by atoms with E-state index in [0.717, 1.165) is 43.4 Å². The first-order chi connectivity index (χ1) is 13.7. The van der Waals surface area contributed by atoms with Gasteiger partial charge in [-0.05, 0) is 68.0 Å². The van der Waals surface area contributed by atoms with Crippen molar-refractivity contribution in [2.75, 3.05) is 7.11 Å². The van der Waals surface area contributed by atoms with Crippen LogP contribution in [-0.2, 0) is 11.2 Å². The highest BCUT2D eigenvalue weighted by Gasteiger charge is 2.45. The molecule has 4 rings (SSSR count). The molecule has 28 heavy (non-hydrogen) atoms. The number of aliphatic imine (C=N–C) groups is 1. The molecule has 0 atom stereocenters. The molecule has 5 nitrogen and oxygen atoms in total. The number of nitriles is 2. The summed E-state index contributed by atoms with van der Waals surface area (Å²) in [7, 11) is 1.77. The standard InChI is InChI=1S/C23H21N3O2/c1-27-18-7-9-23(10-8-18)13-17-5-6-20(12-21(17)22(23)26-15-25)28-19-4-2-3-16(11-19)14-24/h2-6,11-12,18H,7-10,13H2,1H3. The van der Waals surface area contributed by atoms with E-state index in [-0.39, 0.29) is 5.41 Å². The van der Waals surface area contributed by atoms with Gasteiger partial charge in [-0.2, -0.15) is 15.5 Å². The average molecular weight is 371 g/mol. The third kappa shape index (κ3) is 3.26. The van der Waals surface area contributed by atoms with Gasteiger partial charge >= 0.3 is 0 Å². The highest BCUT2D eigenvalue weighted by Crippen LogP contribution is 2.49. The molecule has 0 radical (unpaired) electrons. The predicted octanol–water partition coefficient (Wildman–Crippen LogP) is 4.75. The molecule has 0 bridgehead atoms. The maximum atomic E-state index is 9.30. The summed E-state index contributed by atoms with van der Waals surface area (Å²) in [6.45, 7) is 0. The molecule has 5 heteroatoms. The van der Waals surface area contributed by atoms with Gasteiger partial charge in [0.2, 0.25) is 6.19 Å². The quantitative estimate of drug-likeness (QED) is 0.729. The summed E-state index contributed by atoms with van der Waals surface area (Å²) in [6.07, 6.45) is 7.13. The Balaban J connectivity index is 1.64. The Morgan fingerprint density at radius 2 is 1.86 bits per heavy atom. The molecular formula is C23H21N3O2. The molecule has 1 fully saturated rings. The first kappa shape index (κ1) is 18.2. The summed E-state index contributed by atoms with van der Waals surface area (Å²) >= 11 is 0. The Morgan fingerprint density at radius 1 is 1.07 bits per heavy atom. The van der Waals surface area contributed by atoms with Crippen LogP contribution in [0.4, 0.5) is 0 Å². The SMILES string of the molecule is COC1CCC2(CC1)Cc1ccc(Oc3cccc(C#N)c3)cc1C2=NC#N. The van der Waals surface area contributed by atoms with Crippen molar-refractivity contribution < 1.29 is 9.47 Å². The van der Waals surface area contributed by atoms with E-state index >= 15 is 0 Å². The van der Waals surface area contributed by atoms with Crippen LogP contribution in [0.5, 0.6) is 11.5 Å². The van der Waals surface area contributed by atoms with E-state index in [1.54, 1.807) is 25.3 Å². The molecule has 0 amide bonds. The van der Waals surface area contributed by atoms with Gasteiger partial charge < -0.3 is 9.47 Å². The summed E-state index contributed by atoms with van der Waals surface area (Å²) in [5.41, 5.74) is 3.58. The van der Waals surface area contributed by atoms with Crippen LogP contribution >= 0.6 is 0 Å². The van der Waals surface area contributed by atoms with Gasteiger partial charge in [0.1, 0.15) is 11.5 Å². The van der Waals surface area contributed by atoms with E-state index in [1.807, 2.05) is 24.4 Å². The zero-order chi connectivity index (χ0) is 19.6. The number of hydrogen-bond acceptors (Lipinski definition) is 5. The molecule has 2 aliphatic rings. The molecule has 1 spiro atoms. The molecule has 0 unspecified atom stereocenters. The molecule has 1 saturated carbocycles.